The smallest absolute Gasteiger partial charge is 0.311 e. The summed E-state index contributed by atoms with van der Waals surface area (Å²) in [6.45, 7) is 0. The highest BCUT2D eigenvalue weighted by molar-refractivity contribution is 6.29. The number of aromatic nitrogens is 2. The van der Waals surface area contributed by atoms with Crippen molar-refractivity contribution < 1.29 is 32.2 Å². The first-order chi connectivity index (χ1) is 19.3. The Hall–Kier alpha value is -3.98. The number of hydrogen-bond donors (Lipinski definition) is 0. The molecule has 208 valence electrons. The molecule has 0 N–H and O–H groups in total. The molecule has 40 heavy (non-hydrogen) atoms. The Morgan fingerprint density at radius 1 is 0.675 bits per heavy atom. The standard InChI is InChI=1S/C30H26ClF3N2O4/c31-29-30(34)36-25-16-14-22(18-26(25)35-29)40-28(38)8-6-4-2-1-3-5-7-27(37)39-21-13-15-23(24(33)17-21)19-9-11-20(32)12-10-19/h9-18H,1-8H2. The van der Waals surface area contributed by atoms with Crippen molar-refractivity contribution in [3.8, 4) is 22.6 Å². The summed E-state index contributed by atoms with van der Waals surface area (Å²) < 4.78 is 51.5. The molecule has 3 aromatic carbocycles. The lowest BCUT2D eigenvalue weighted by Gasteiger charge is -2.08. The molecule has 0 bridgehead atoms. The lowest BCUT2D eigenvalue weighted by molar-refractivity contribution is -0.135. The molecular formula is C30H26ClF3N2O4. The van der Waals surface area contributed by atoms with Crippen LogP contribution in [0.3, 0.4) is 0 Å². The summed E-state index contributed by atoms with van der Waals surface area (Å²) in [6, 6.07) is 14.1. The summed E-state index contributed by atoms with van der Waals surface area (Å²) >= 11 is 5.66. The molecule has 0 fully saturated rings. The second-order valence-electron chi connectivity index (χ2n) is 9.17. The Morgan fingerprint density at radius 2 is 1.25 bits per heavy atom. The zero-order valence-electron chi connectivity index (χ0n) is 21.5. The van der Waals surface area contributed by atoms with E-state index in [0.29, 0.717) is 35.0 Å². The fourth-order valence-electron chi connectivity index (χ4n) is 4.09. The Bertz CT molecular complexity index is 1500. The maximum Gasteiger partial charge on any atom is 0.311 e. The average molecular weight is 571 g/mol. The molecule has 1 aromatic heterocycles. The quantitative estimate of drug-likeness (QED) is 0.0975. The number of rotatable bonds is 12. The lowest BCUT2D eigenvalue weighted by atomic mass is 10.1. The van der Waals surface area contributed by atoms with Gasteiger partial charge in [0.15, 0.2) is 5.15 Å². The minimum absolute atomic E-state index is 0.120. The van der Waals surface area contributed by atoms with Crippen LogP contribution in [0.4, 0.5) is 13.2 Å². The molecule has 0 atom stereocenters. The maximum absolute atomic E-state index is 14.4. The number of carbonyl (C=O) groups is 2. The summed E-state index contributed by atoms with van der Waals surface area (Å²) in [5, 5.41) is -0.350. The van der Waals surface area contributed by atoms with Gasteiger partial charge in [0.25, 0.3) is 5.95 Å². The second-order valence-corrected chi connectivity index (χ2v) is 9.53. The molecule has 4 rings (SSSR count). The molecular weight excluding hydrogens is 545 g/mol. The van der Waals surface area contributed by atoms with Gasteiger partial charge in [-0.25, -0.2) is 18.7 Å². The third-order valence-electron chi connectivity index (χ3n) is 6.13. The first kappa shape index (κ1) is 29.0. The SMILES string of the molecule is O=C(CCCCCCCCC(=O)Oc1ccc2nc(F)c(Cl)nc2c1)Oc1ccc(-c2ccc(F)cc2)c(F)c1. The summed E-state index contributed by atoms with van der Waals surface area (Å²) in [5.41, 5.74) is 1.45. The van der Waals surface area contributed by atoms with E-state index < -0.39 is 23.6 Å². The molecule has 10 heteroatoms. The molecule has 0 saturated heterocycles. The normalized spacial score (nSPS) is 11.0. The topological polar surface area (TPSA) is 78.4 Å². The number of fused-ring (bicyclic) bond motifs is 1. The molecule has 0 unspecified atom stereocenters. The number of nitrogens with zero attached hydrogens (tertiary/aromatic N) is 2. The Morgan fingerprint density at radius 3 is 1.88 bits per heavy atom. The highest BCUT2D eigenvalue weighted by atomic mass is 35.5. The van der Waals surface area contributed by atoms with Crippen molar-refractivity contribution in [3.05, 3.63) is 83.4 Å². The molecule has 0 saturated carbocycles. The summed E-state index contributed by atoms with van der Waals surface area (Å²) in [7, 11) is 0. The molecule has 0 spiro atoms. The minimum Gasteiger partial charge on any atom is -0.426 e. The maximum atomic E-state index is 14.4. The van der Waals surface area contributed by atoms with E-state index in [9.17, 15) is 22.8 Å². The number of halogens is 4. The summed E-state index contributed by atoms with van der Waals surface area (Å²) in [4.78, 5) is 31.8. The first-order valence-corrected chi connectivity index (χ1v) is 13.3. The van der Waals surface area contributed by atoms with E-state index in [1.54, 1.807) is 0 Å². The van der Waals surface area contributed by atoms with Crippen molar-refractivity contribution >= 4 is 34.6 Å². The molecule has 1 heterocycles. The van der Waals surface area contributed by atoms with Gasteiger partial charge < -0.3 is 9.47 Å². The summed E-state index contributed by atoms with van der Waals surface area (Å²) in [6.07, 6.45) is 5.19. The van der Waals surface area contributed by atoms with E-state index in [1.165, 1.54) is 54.6 Å². The zero-order valence-corrected chi connectivity index (χ0v) is 22.2. The summed E-state index contributed by atoms with van der Waals surface area (Å²) in [5.74, 6) is -2.25. The largest absolute Gasteiger partial charge is 0.426 e. The van der Waals surface area contributed by atoms with Crippen LogP contribution in [0.5, 0.6) is 11.5 Å². The Balaban J connectivity index is 1.08. The van der Waals surface area contributed by atoms with E-state index in [1.807, 2.05) is 0 Å². The molecule has 6 nitrogen and oxygen atoms in total. The average Bonchev–Trinajstić information content (AvgIpc) is 2.92. The van der Waals surface area contributed by atoms with Gasteiger partial charge in [0, 0.05) is 30.5 Å². The number of ether oxygens (including phenoxy) is 2. The predicted octanol–water partition coefficient (Wildman–Crippen LogP) is 8.00. The number of esters is 2. The van der Waals surface area contributed by atoms with Crippen molar-refractivity contribution in [3.63, 3.8) is 0 Å². The monoisotopic (exact) mass is 570 g/mol. The van der Waals surface area contributed by atoms with Crippen LogP contribution in [0.15, 0.2) is 60.7 Å². The van der Waals surface area contributed by atoms with E-state index in [0.717, 1.165) is 31.7 Å². The molecule has 0 aliphatic rings. The Kier molecular flexibility index (Phi) is 10.1. The van der Waals surface area contributed by atoms with Crippen molar-refractivity contribution in [2.45, 2.75) is 51.4 Å². The number of hydrogen-bond acceptors (Lipinski definition) is 6. The number of unbranched alkanes of at least 4 members (excludes halogenated alkanes) is 5. The van der Waals surface area contributed by atoms with Crippen LogP contribution in [0.1, 0.15) is 51.4 Å². The molecule has 4 aromatic rings. The molecule has 0 amide bonds. The van der Waals surface area contributed by atoms with E-state index in [2.05, 4.69) is 9.97 Å². The number of benzene rings is 3. The fourth-order valence-corrected chi connectivity index (χ4v) is 4.22. The van der Waals surface area contributed by atoms with Crippen LogP contribution in [-0.2, 0) is 9.59 Å². The molecule has 0 aliphatic heterocycles. The highest BCUT2D eigenvalue weighted by Gasteiger charge is 2.12. The van der Waals surface area contributed by atoms with Crippen molar-refractivity contribution in [2.75, 3.05) is 0 Å². The minimum atomic E-state index is -0.860. The second kappa shape index (κ2) is 13.9. The van der Waals surface area contributed by atoms with Crippen LogP contribution in [0.25, 0.3) is 22.2 Å². The van der Waals surface area contributed by atoms with Crippen molar-refractivity contribution in [1.29, 1.82) is 0 Å². The van der Waals surface area contributed by atoms with Crippen molar-refractivity contribution in [1.82, 2.24) is 9.97 Å². The third-order valence-corrected chi connectivity index (χ3v) is 6.37. The van der Waals surface area contributed by atoms with Gasteiger partial charge in [0.1, 0.15) is 23.1 Å². The van der Waals surface area contributed by atoms with Gasteiger partial charge in [-0.1, -0.05) is 49.4 Å². The van der Waals surface area contributed by atoms with Crippen molar-refractivity contribution in [2.24, 2.45) is 0 Å². The van der Waals surface area contributed by atoms with Crippen LogP contribution in [-0.4, -0.2) is 21.9 Å². The predicted molar refractivity (Wildman–Crippen MR) is 145 cm³/mol. The van der Waals surface area contributed by atoms with Crippen LogP contribution >= 0.6 is 11.6 Å². The van der Waals surface area contributed by atoms with Crippen LogP contribution in [0.2, 0.25) is 5.15 Å². The molecule has 0 radical (unpaired) electrons. The number of carbonyl (C=O) groups excluding carboxylic acids is 2. The van der Waals surface area contributed by atoms with Gasteiger partial charge in [-0.3, -0.25) is 9.59 Å². The van der Waals surface area contributed by atoms with Gasteiger partial charge in [-0.05, 0) is 54.8 Å². The third kappa shape index (κ3) is 8.26. The zero-order chi connectivity index (χ0) is 28.5. The van der Waals surface area contributed by atoms with Gasteiger partial charge >= 0.3 is 11.9 Å². The van der Waals surface area contributed by atoms with Crippen LogP contribution in [0, 0.1) is 17.6 Å². The van der Waals surface area contributed by atoms with E-state index in [4.69, 9.17) is 21.1 Å². The van der Waals surface area contributed by atoms with E-state index >= 15 is 0 Å². The Labute approximate surface area is 234 Å². The van der Waals surface area contributed by atoms with Gasteiger partial charge in [-0.15, -0.1) is 0 Å². The van der Waals surface area contributed by atoms with Gasteiger partial charge in [0.2, 0.25) is 0 Å². The van der Waals surface area contributed by atoms with E-state index in [-0.39, 0.29) is 35.5 Å². The lowest BCUT2D eigenvalue weighted by Crippen LogP contribution is -2.08. The van der Waals surface area contributed by atoms with Crippen LogP contribution < -0.4 is 9.47 Å². The van der Waals surface area contributed by atoms with Gasteiger partial charge in [-0.2, -0.15) is 4.39 Å². The fraction of sp³-hybridized carbons (Fsp3) is 0.267. The first-order valence-electron chi connectivity index (χ1n) is 12.9. The molecule has 0 aliphatic carbocycles. The highest BCUT2D eigenvalue weighted by Crippen LogP contribution is 2.27. The van der Waals surface area contributed by atoms with Gasteiger partial charge in [0.05, 0.1) is 11.0 Å².